The van der Waals surface area contributed by atoms with Gasteiger partial charge in [0, 0.05) is 17.2 Å². The molecule has 142 valence electrons. The SMILES string of the molecule is CCOn1cnc(-c2ccc(OC)c(F)c2)c1-c1cc(OC)cc(OC)c1. The molecule has 1 heterocycles. The minimum atomic E-state index is -0.463. The van der Waals surface area contributed by atoms with Gasteiger partial charge in [-0.15, -0.1) is 0 Å². The van der Waals surface area contributed by atoms with Crippen LogP contribution in [0.4, 0.5) is 4.39 Å². The molecule has 0 unspecified atom stereocenters. The number of methoxy groups -OCH3 is 3. The number of benzene rings is 2. The van der Waals surface area contributed by atoms with Gasteiger partial charge in [-0.25, -0.2) is 9.37 Å². The third kappa shape index (κ3) is 3.67. The van der Waals surface area contributed by atoms with Gasteiger partial charge in [-0.3, -0.25) is 0 Å². The van der Waals surface area contributed by atoms with Gasteiger partial charge in [0.15, 0.2) is 11.6 Å². The summed E-state index contributed by atoms with van der Waals surface area (Å²) in [6, 6.07) is 10.2. The second-order valence-electron chi connectivity index (χ2n) is 5.64. The second-order valence-corrected chi connectivity index (χ2v) is 5.64. The van der Waals surface area contributed by atoms with Gasteiger partial charge in [0.1, 0.15) is 35.8 Å². The lowest BCUT2D eigenvalue weighted by molar-refractivity contribution is 0.125. The molecule has 0 saturated carbocycles. The van der Waals surface area contributed by atoms with Crippen LogP contribution in [0.25, 0.3) is 22.5 Å². The van der Waals surface area contributed by atoms with E-state index in [4.69, 9.17) is 19.0 Å². The van der Waals surface area contributed by atoms with Crippen molar-refractivity contribution >= 4 is 0 Å². The molecule has 3 aromatic rings. The Bertz CT molecular complexity index is 917. The zero-order valence-electron chi connectivity index (χ0n) is 15.7. The Morgan fingerprint density at radius 1 is 0.926 bits per heavy atom. The molecular weight excluding hydrogens is 351 g/mol. The number of hydrogen-bond acceptors (Lipinski definition) is 5. The fourth-order valence-electron chi connectivity index (χ4n) is 2.80. The largest absolute Gasteiger partial charge is 0.497 e. The molecule has 0 N–H and O–H groups in total. The van der Waals surface area contributed by atoms with E-state index in [1.807, 2.05) is 19.1 Å². The summed E-state index contributed by atoms with van der Waals surface area (Å²) in [4.78, 5) is 10.1. The normalized spacial score (nSPS) is 10.6. The van der Waals surface area contributed by atoms with Crippen LogP contribution < -0.4 is 19.0 Å². The number of ether oxygens (including phenoxy) is 3. The zero-order valence-corrected chi connectivity index (χ0v) is 15.7. The molecule has 0 aliphatic carbocycles. The highest BCUT2D eigenvalue weighted by Gasteiger charge is 2.19. The third-order valence-electron chi connectivity index (χ3n) is 4.05. The molecule has 0 aliphatic rings. The number of nitrogens with zero attached hydrogens (tertiary/aromatic N) is 2. The molecule has 0 radical (unpaired) electrons. The molecule has 1 aromatic heterocycles. The lowest BCUT2D eigenvalue weighted by Crippen LogP contribution is -2.11. The Morgan fingerprint density at radius 3 is 2.19 bits per heavy atom. The van der Waals surface area contributed by atoms with Crippen molar-refractivity contribution < 1.29 is 23.4 Å². The van der Waals surface area contributed by atoms with Crippen LogP contribution >= 0.6 is 0 Å². The van der Waals surface area contributed by atoms with Crippen molar-refractivity contribution in [3.05, 3.63) is 48.5 Å². The lowest BCUT2D eigenvalue weighted by atomic mass is 10.0. The highest BCUT2D eigenvalue weighted by molar-refractivity contribution is 5.80. The van der Waals surface area contributed by atoms with E-state index < -0.39 is 5.82 Å². The smallest absolute Gasteiger partial charge is 0.165 e. The monoisotopic (exact) mass is 372 g/mol. The summed E-state index contributed by atoms with van der Waals surface area (Å²) in [6.07, 6.45) is 1.56. The van der Waals surface area contributed by atoms with Gasteiger partial charge in [0.05, 0.1) is 21.3 Å². The summed E-state index contributed by atoms with van der Waals surface area (Å²) in [5.74, 6) is 0.962. The Hall–Kier alpha value is -3.22. The number of halogens is 1. The Morgan fingerprint density at radius 2 is 1.63 bits per heavy atom. The Balaban J connectivity index is 2.20. The van der Waals surface area contributed by atoms with E-state index in [0.29, 0.717) is 35.1 Å². The van der Waals surface area contributed by atoms with E-state index >= 15 is 0 Å². The maximum atomic E-state index is 14.2. The van der Waals surface area contributed by atoms with Crippen LogP contribution in [0.15, 0.2) is 42.7 Å². The highest BCUT2D eigenvalue weighted by Crippen LogP contribution is 2.36. The molecule has 0 atom stereocenters. The van der Waals surface area contributed by atoms with Gasteiger partial charge >= 0.3 is 0 Å². The zero-order chi connectivity index (χ0) is 19.4. The van der Waals surface area contributed by atoms with Crippen LogP contribution in [0.5, 0.6) is 17.2 Å². The van der Waals surface area contributed by atoms with Gasteiger partial charge in [-0.1, -0.05) is 0 Å². The van der Waals surface area contributed by atoms with Gasteiger partial charge < -0.3 is 19.0 Å². The summed E-state index contributed by atoms with van der Waals surface area (Å²) in [5.41, 5.74) is 2.60. The van der Waals surface area contributed by atoms with Crippen molar-refractivity contribution in [3.63, 3.8) is 0 Å². The number of hydrogen-bond donors (Lipinski definition) is 0. The first-order valence-electron chi connectivity index (χ1n) is 8.39. The Labute approximate surface area is 157 Å². The van der Waals surface area contributed by atoms with Crippen LogP contribution in [-0.4, -0.2) is 37.7 Å². The van der Waals surface area contributed by atoms with Crippen LogP contribution in [0.3, 0.4) is 0 Å². The van der Waals surface area contributed by atoms with Crippen molar-refractivity contribution in [2.24, 2.45) is 0 Å². The van der Waals surface area contributed by atoms with E-state index in [2.05, 4.69) is 4.98 Å². The highest BCUT2D eigenvalue weighted by atomic mass is 19.1. The van der Waals surface area contributed by atoms with E-state index in [1.54, 1.807) is 43.5 Å². The number of aromatic nitrogens is 2. The molecule has 0 bridgehead atoms. The third-order valence-corrected chi connectivity index (χ3v) is 4.05. The fraction of sp³-hybridized carbons (Fsp3) is 0.250. The molecular formula is C20H21FN2O4. The molecule has 3 rings (SSSR count). The van der Waals surface area contributed by atoms with Crippen LogP contribution in [0.2, 0.25) is 0 Å². The second kappa shape index (κ2) is 7.99. The average Bonchev–Trinajstić information content (AvgIpc) is 3.11. The summed E-state index contributed by atoms with van der Waals surface area (Å²) in [6.45, 7) is 2.32. The van der Waals surface area contributed by atoms with Crippen molar-refractivity contribution in [3.8, 4) is 39.8 Å². The average molecular weight is 372 g/mol. The molecule has 0 fully saturated rings. The van der Waals surface area contributed by atoms with Gasteiger partial charge in [0.2, 0.25) is 0 Å². The van der Waals surface area contributed by atoms with Gasteiger partial charge in [-0.05, 0) is 37.3 Å². The van der Waals surface area contributed by atoms with Crippen molar-refractivity contribution in [2.75, 3.05) is 27.9 Å². The van der Waals surface area contributed by atoms with Crippen molar-refractivity contribution in [1.82, 2.24) is 9.71 Å². The van der Waals surface area contributed by atoms with Crippen LogP contribution in [0, 0.1) is 5.82 Å². The maximum absolute atomic E-state index is 14.2. The van der Waals surface area contributed by atoms with Crippen molar-refractivity contribution in [2.45, 2.75) is 6.92 Å². The predicted octanol–water partition coefficient (Wildman–Crippen LogP) is 3.83. The topological polar surface area (TPSA) is 54.7 Å². The summed E-state index contributed by atoms with van der Waals surface area (Å²) >= 11 is 0. The Kier molecular flexibility index (Phi) is 5.49. The minimum Gasteiger partial charge on any atom is -0.497 e. The number of rotatable bonds is 7. The molecule has 0 amide bonds. The lowest BCUT2D eigenvalue weighted by Gasteiger charge is -2.13. The molecule has 0 saturated heterocycles. The summed E-state index contributed by atoms with van der Waals surface area (Å²) < 4.78 is 31.5. The summed E-state index contributed by atoms with van der Waals surface area (Å²) in [7, 11) is 4.59. The first-order valence-corrected chi connectivity index (χ1v) is 8.39. The van der Waals surface area contributed by atoms with E-state index in [9.17, 15) is 4.39 Å². The predicted molar refractivity (Wildman–Crippen MR) is 99.8 cm³/mol. The molecule has 0 aliphatic heterocycles. The van der Waals surface area contributed by atoms with Gasteiger partial charge in [0.25, 0.3) is 0 Å². The molecule has 7 heteroatoms. The molecule has 0 spiro atoms. The first-order chi connectivity index (χ1) is 13.1. The van der Waals surface area contributed by atoms with E-state index in [0.717, 1.165) is 5.56 Å². The fourth-order valence-corrected chi connectivity index (χ4v) is 2.80. The number of imidazole rings is 1. The maximum Gasteiger partial charge on any atom is 0.165 e. The standard InChI is InChI=1S/C20H21FN2O4/c1-5-27-23-12-22-19(13-6-7-18(26-4)17(21)10-13)20(23)14-8-15(24-2)11-16(9-14)25-3/h6-12H,5H2,1-4H3. The molecule has 6 nitrogen and oxygen atoms in total. The molecule has 27 heavy (non-hydrogen) atoms. The molecule has 2 aromatic carbocycles. The van der Waals surface area contributed by atoms with Crippen molar-refractivity contribution in [1.29, 1.82) is 0 Å². The quantitative estimate of drug-likeness (QED) is 0.631. The van der Waals surface area contributed by atoms with Crippen LogP contribution in [-0.2, 0) is 0 Å². The van der Waals surface area contributed by atoms with E-state index in [1.165, 1.54) is 13.2 Å². The van der Waals surface area contributed by atoms with Crippen LogP contribution in [0.1, 0.15) is 6.92 Å². The minimum absolute atomic E-state index is 0.174. The first kappa shape index (κ1) is 18.6. The van der Waals surface area contributed by atoms with Gasteiger partial charge in [-0.2, -0.15) is 4.73 Å². The van der Waals surface area contributed by atoms with E-state index in [-0.39, 0.29) is 5.75 Å². The summed E-state index contributed by atoms with van der Waals surface area (Å²) in [5, 5.41) is 0.